The predicted molar refractivity (Wildman–Crippen MR) is 73.0 cm³/mol. The van der Waals surface area contributed by atoms with Gasteiger partial charge in [0.1, 0.15) is 5.75 Å². The standard InChI is InChI=1S/C13H20N2O3S/c1-10-5-3-6-11(2)15(10)14-19(17,18)13-8-4-7-12(16)9-13/h4,7-11,14,16H,3,5-6H2,1-2H3. The zero-order chi connectivity index (χ0) is 14.0. The molecular formula is C13H20N2O3S. The zero-order valence-electron chi connectivity index (χ0n) is 11.2. The Morgan fingerprint density at radius 1 is 1.26 bits per heavy atom. The molecule has 1 fully saturated rings. The first-order valence-electron chi connectivity index (χ1n) is 6.50. The molecule has 0 saturated carbocycles. The van der Waals surface area contributed by atoms with Gasteiger partial charge in [-0.2, -0.15) is 0 Å². The van der Waals surface area contributed by atoms with Crippen LogP contribution in [0.3, 0.4) is 0 Å². The van der Waals surface area contributed by atoms with Crippen LogP contribution in [0.15, 0.2) is 29.2 Å². The van der Waals surface area contributed by atoms with Crippen molar-refractivity contribution < 1.29 is 13.5 Å². The van der Waals surface area contributed by atoms with Gasteiger partial charge in [0, 0.05) is 12.1 Å². The average Bonchev–Trinajstić information content (AvgIpc) is 2.34. The fraction of sp³-hybridized carbons (Fsp3) is 0.538. The number of nitrogens with one attached hydrogen (secondary N) is 1. The maximum Gasteiger partial charge on any atom is 0.253 e. The average molecular weight is 284 g/mol. The Hall–Kier alpha value is -1.11. The van der Waals surface area contributed by atoms with Gasteiger partial charge >= 0.3 is 0 Å². The molecule has 0 spiro atoms. The van der Waals surface area contributed by atoms with E-state index in [0.29, 0.717) is 0 Å². The minimum Gasteiger partial charge on any atom is -0.508 e. The SMILES string of the molecule is CC1CCCC(C)N1NS(=O)(=O)c1cccc(O)c1. The highest BCUT2D eigenvalue weighted by Crippen LogP contribution is 2.22. The topological polar surface area (TPSA) is 69.6 Å². The van der Waals surface area contributed by atoms with Crippen LogP contribution in [0, 0.1) is 0 Å². The lowest BCUT2D eigenvalue weighted by Gasteiger charge is -2.38. The van der Waals surface area contributed by atoms with Crippen molar-refractivity contribution in [1.82, 2.24) is 9.84 Å². The summed E-state index contributed by atoms with van der Waals surface area (Å²) >= 11 is 0. The maximum absolute atomic E-state index is 12.3. The number of phenols is 1. The fourth-order valence-electron chi connectivity index (χ4n) is 2.44. The molecule has 0 amide bonds. The molecular weight excluding hydrogens is 264 g/mol. The van der Waals surface area contributed by atoms with Gasteiger partial charge in [-0.25, -0.2) is 13.4 Å². The van der Waals surface area contributed by atoms with E-state index >= 15 is 0 Å². The molecule has 1 aromatic rings. The summed E-state index contributed by atoms with van der Waals surface area (Å²) in [6.45, 7) is 4.03. The molecule has 106 valence electrons. The highest BCUT2D eigenvalue weighted by molar-refractivity contribution is 7.89. The van der Waals surface area contributed by atoms with Crippen LogP contribution in [0.25, 0.3) is 0 Å². The van der Waals surface area contributed by atoms with E-state index in [2.05, 4.69) is 4.83 Å². The fourth-order valence-corrected chi connectivity index (χ4v) is 3.72. The number of sulfonamides is 1. The Kier molecular flexibility index (Phi) is 4.13. The van der Waals surface area contributed by atoms with Crippen LogP contribution in [-0.2, 0) is 10.0 Å². The summed E-state index contributed by atoms with van der Waals surface area (Å²) in [7, 11) is -3.63. The Labute approximate surface area is 114 Å². The third-order valence-corrected chi connectivity index (χ3v) is 4.87. The van der Waals surface area contributed by atoms with E-state index < -0.39 is 10.0 Å². The molecule has 0 aliphatic carbocycles. The number of benzene rings is 1. The minimum absolute atomic E-state index is 0.0531. The molecule has 1 aliphatic rings. The van der Waals surface area contributed by atoms with Crippen LogP contribution in [-0.4, -0.2) is 30.6 Å². The summed E-state index contributed by atoms with van der Waals surface area (Å²) in [6.07, 6.45) is 3.08. The van der Waals surface area contributed by atoms with E-state index in [1.165, 1.54) is 24.3 Å². The van der Waals surface area contributed by atoms with Crippen LogP contribution in [0.1, 0.15) is 33.1 Å². The molecule has 1 aliphatic heterocycles. The number of nitrogens with zero attached hydrogens (tertiary/aromatic N) is 1. The van der Waals surface area contributed by atoms with E-state index in [1.807, 2.05) is 13.8 Å². The first-order valence-corrected chi connectivity index (χ1v) is 7.98. The first-order chi connectivity index (χ1) is 8.90. The van der Waals surface area contributed by atoms with Crippen molar-refractivity contribution in [3.05, 3.63) is 24.3 Å². The molecule has 2 N–H and O–H groups in total. The quantitative estimate of drug-likeness (QED) is 0.888. The van der Waals surface area contributed by atoms with Gasteiger partial charge in [-0.3, -0.25) is 0 Å². The number of aromatic hydroxyl groups is 1. The molecule has 1 aromatic carbocycles. The summed E-state index contributed by atoms with van der Waals surface area (Å²) in [5, 5.41) is 11.2. The number of phenolic OH excluding ortho intramolecular Hbond substituents is 1. The van der Waals surface area contributed by atoms with Crippen LogP contribution in [0.4, 0.5) is 0 Å². The van der Waals surface area contributed by atoms with Crippen LogP contribution >= 0.6 is 0 Å². The molecule has 0 radical (unpaired) electrons. The summed E-state index contributed by atoms with van der Waals surface area (Å²) < 4.78 is 24.6. The van der Waals surface area contributed by atoms with E-state index in [1.54, 1.807) is 5.01 Å². The lowest BCUT2D eigenvalue weighted by molar-refractivity contribution is 0.0790. The molecule has 19 heavy (non-hydrogen) atoms. The van der Waals surface area contributed by atoms with Crippen molar-refractivity contribution in [3.63, 3.8) is 0 Å². The number of hydrogen-bond donors (Lipinski definition) is 2. The van der Waals surface area contributed by atoms with Crippen LogP contribution in [0.2, 0.25) is 0 Å². The second-order valence-corrected chi connectivity index (χ2v) is 6.79. The van der Waals surface area contributed by atoms with Crippen LogP contribution in [0.5, 0.6) is 5.75 Å². The molecule has 5 nitrogen and oxygen atoms in total. The van der Waals surface area contributed by atoms with Gasteiger partial charge in [0.15, 0.2) is 0 Å². The Morgan fingerprint density at radius 3 is 2.47 bits per heavy atom. The Balaban J connectivity index is 2.21. The van der Waals surface area contributed by atoms with E-state index in [4.69, 9.17) is 0 Å². The molecule has 2 rings (SSSR count). The normalized spacial score (nSPS) is 25.4. The van der Waals surface area contributed by atoms with Gasteiger partial charge in [-0.15, -0.1) is 4.83 Å². The van der Waals surface area contributed by atoms with Gasteiger partial charge in [0.2, 0.25) is 0 Å². The number of piperidine rings is 1. The van der Waals surface area contributed by atoms with Gasteiger partial charge < -0.3 is 5.11 Å². The molecule has 2 unspecified atom stereocenters. The molecule has 1 saturated heterocycles. The maximum atomic E-state index is 12.3. The first kappa shape index (κ1) is 14.3. The summed E-state index contributed by atoms with van der Waals surface area (Å²) in [4.78, 5) is 2.71. The van der Waals surface area contributed by atoms with E-state index in [0.717, 1.165) is 19.3 Å². The molecule has 1 heterocycles. The summed E-state index contributed by atoms with van der Waals surface area (Å²) in [5.74, 6) is -0.0531. The highest BCUT2D eigenvalue weighted by Gasteiger charge is 2.29. The molecule has 0 bridgehead atoms. The van der Waals surface area contributed by atoms with Gasteiger partial charge in [-0.05, 0) is 44.9 Å². The van der Waals surface area contributed by atoms with Crippen molar-refractivity contribution in [2.24, 2.45) is 0 Å². The predicted octanol–water partition coefficient (Wildman–Crippen LogP) is 1.85. The van der Waals surface area contributed by atoms with Crippen LogP contribution < -0.4 is 4.83 Å². The number of hydrogen-bond acceptors (Lipinski definition) is 4. The summed E-state index contributed by atoms with van der Waals surface area (Å²) in [6, 6.07) is 6.05. The third kappa shape index (κ3) is 3.26. The third-order valence-electron chi connectivity index (χ3n) is 3.55. The number of rotatable bonds is 3. The van der Waals surface area contributed by atoms with Crippen molar-refractivity contribution in [1.29, 1.82) is 0 Å². The summed E-state index contributed by atoms with van der Waals surface area (Å²) in [5.41, 5.74) is 0. The van der Waals surface area contributed by atoms with Gasteiger partial charge in [0.25, 0.3) is 10.0 Å². The molecule has 0 aromatic heterocycles. The van der Waals surface area contributed by atoms with Crippen molar-refractivity contribution in [3.8, 4) is 5.75 Å². The van der Waals surface area contributed by atoms with Gasteiger partial charge in [-0.1, -0.05) is 12.5 Å². The molecule has 6 heteroatoms. The van der Waals surface area contributed by atoms with Crippen molar-refractivity contribution in [2.75, 3.05) is 0 Å². The second-order valence-electron chi connectivity index (χ2n) is 5.13. The minimum atomic E-state index is -3.63. The van der Waals surface area contributed by atoms with E-state index in [9.17, 15) is 13.5 Å². The van der Waals surface area contributed by atoms with Crippen molar-refractivity contribution in [2.45, 2.75) is 50.1 Å². The lowest BCUT2D eigenvalue weighted by Crippen LogP contribution is -2.53. The lowest BCUT2D eigenvalue weighted by atomic mass is 10.0. The Bertz CT molecular complexity index is 535. The number of hydrazine groups is 1. The van der Waals surface area contributed by atoms with E-state index in [-0.39, 0.29) is 22.7 Å². The molecule has 2 atom stereocenters. The highest BCUT2D eigenvalue weighted by atomic mass is 32.2. The smallest absolute Gasteiger partial charge is 0.253 e. The Morgan fingerprint density at radius 2 is 1.89 bits per heavy atom. The largest absolute Gasteiger partial charge is 0.508 e. The monoisotopic (exact) mass is 284 g/mol. The van der Waals surface area contributed by atoms with Gasteiger partial charge in [0.05, 0.1) is 4.90 Å². The zero-order valence-corrected chi connectivity index (χ0v) is 12.0. The van der Waals surface area contributed by atoms with Crippen molar-refractivity contribution >= 4 is 10.0 Å². The second kappa shape index (κ2) is 5.48.